The van der Waals surface area contributed by atoms with Crippen LogP contribution in [0.2, 0.25) is 5.02 Å². The summed E-state index contributed by atoms with van der Waals surface area (Å²) in [5.41, 5.74) is 6.51. The third-order valence-electron chi connectivity index (χ3n) is 5.02. The van der Waals surface area contributed by atoms with Crippen LogP contribution < -0.4 is 15.4 Å². The van der Waals surface area contributed by atoms with Gasteiger partial charge in [0.05, 0.1) is 29.5 Å². The number of carbonyl (C=O) groups is 4. The number of halogens is 1. The molecule has 9 nitrogen and oxygen atoms in total. The molecule has 178 valence electrons. The second-order valence-corrected chi connectivity index (χ2v) is 7.73. The van der Waals surface area contributed by atoms with Gasteiger partial charge >= 0.3 is 5.97 Å². The van der Waals surface area contributed by atoms with Crippen molar-refractivity contribution in [2.24, 2.45) is 5.73 Å². The molecule has 4 rings (SSSR count). The number of carbonyl (C=O) groups excluding carboxylic acids is 3. The minimum absolute atomic E-state index is 0.00745. The summed E-state index contributed by atoms with van der Waals surface area (Å²) in [6.45, 7) is 0. The summed E-state index contributed by atoms with van der Waals surface area (Å²) in [4.78, 5) is 52.0. The first-order valence-electron chi connectivity index (χ1n) is 10.1. The molecule has 0 bridgehead atoms. The number of carboxylic acid groups (broad SMARTS) is 1. The quantitative estimate of drug-likeness (QED) is 0.419. The van der Waals surface area contributed by atoms with Crippen LogP contribution in [0.15, 0.2) is 66.4 Å². The number of methoxy groups -OCH3 is 1. The SMILES string of the molecule is CN1C(=O)/C(=C\c2cccc(Cl)c2)C(=O)c2cc(C(=O)O)ccc21.COc1ccc(C(N)=O)cn1. The van der Waals surface area contributed by atoms with Gasteiger partial charge in [-0.15, -0.1) is 0 Å². The Kier molecular flexibility index (Phi) is 7.62. The van der Waals surface area contributed by atoms with Crippen LogP contribution >= 0.6 is 11.6 Å². The predicted molar refractivity (Wildman–Crippen MR) is 130 cm³/mol. The lowest BCUT2D eigenvalue weighted by Gasteiger charge is -2.26. The first-order chi connectivity index (χ1) is 16.6. The van der Waals surface area contributed by atoms with Crippen molar-refractivity contribution in [2.75, 3.05) is 19.1 Å². The number of fused-ring (bicyclic) bond motifs is 1. The summed E-state index contributed by atoms with van der Waals surface area (Å²) in [7, 11) is 3.05. The van der Waals surface area contributed by atoms with Crippen LogP contribution in [0.4, 0.5) is 5.69 Å². The van der Waals surface area contributed by atoms with Crippen molar-refractivity contribution in [3.63, 3.8) is 0 Å². The highest BCUT2D eigenvalue weighted by Crippen LogP contribution is 2.31. The smallest absolute Gasteiger partial charge is 0.335 e. The highest BCUT2D eigenvalue weighted by Gasteiger charge is 2.33. The average Bonchev–Trinajstić information content (AvgIpc) is 2.85. The average molecular weight is 494 g/mol. The van der Waals surface area contributed by atoms with E-state index in [4.69, 9.17) is 27.2 Å². The molecule has 10 heteroatoms. The van der Waals surface area contributed by atoms with Crippen LogP contribution in [0.3, 0.4) is 0 Å². The first-order valence-corrected chi connectivity index (χ1v) is 10.5. The van der Waals surface area contributed by atoms with Crippen LogP contribution in [-0.4, -0.2) is 47.8 Å². The van der Waals surface area contributed by atoms with Crippen molar-refractivity contribution in [1.82, 2.24) is 4.98 Å². The molecule has 3 N–H and O–H groups in total. The lowest BCUT2D eigenvalue weighted by Crippen LogP contribution is -2.36. The number of rotatable bonds is 4. The molecule has 0 fully saturated rings. The summed E-state index contributed by atoms with van der Waals surface area (Å²) < 4.78 is 4.79. The summed E-state index contributed by atoms with van der Waals surface area (Å²) in [6.07, 6.45) is 2.84. The van der Waals surface area contributed by atoms with Gasteiger partial charge < -0.3 is 20.5 Å². The van der Waals surface area contributed by atoms with Gasteiger partial charge in [0.15, 0.2) is 0 Å². The maximum atomic E-state index is 12.7. The second-order valence-electron chi connectivity index (χ2n) is 7.30. The number of primary amides is 1. The van der Waals surface area contributed by atoms with E-state index in [9.17, 15) is 19.2 Å². The molecule has 1 aliphatic heterocycles. The van der Waals surface area contributed by atoms with Gasteiger partial charge in [-0.1, -0.05) is 23.7 Å². The number of amides is 2. The van der Waals surface area contributed by atoms with Crippen molar-refractivity contribution in [3.8, 4) is 5.88 Å². The topological polar surface area (TPSA) is 140 Å². The summed E-state index contributed by atoms with van der Waals surface area (Å²) in [5.74, 6) is -2.10. The van der Waals surface area contributed by atoms with Gasteiger partial charge in [0.25, 0.3) is 5.91 Å². The fourth-order valence-corrected chi connectivity index (χ4v) is 3.41. The van der Waals surface area contributed by atoms with Crippen LogP contribution in [0, 0.1) is 0 Å². The van der Waals surface area contributed by atoms with Crippen molar-refractivity contribution < 1.29 is 29.0 Å². The molecule has 2 heterocycles. The van der Waals surface area contributed by atoms with E-state index < -0.39 is 23.6 Å². The molecule has 0 spiro atoms. The molecule has 0 aliphatic carbocycles. The van der Waals surface area contributed by atoms with E-state index in [2.05, 4.69) is 4.98 Å². The van der Waals surface area contributed by atoms with E-state index in [0.717, 1.165) is 0 Å². The number of carboxylic acids is 1. The third kappa shape index (κ3) is 5.71. The standard InChI is InChI=1S/C18H12ClNO4.C7H8N2O2/c1-20-15-6-5-11(18(23)24)9-13(15)16(21)14(17(20)22)8-10-3-2-4-12(19)7-10;1-11-6-3-2-5(4-9-6)7(8)10/h2-9H,1H3,(H,23,24);2-4H,1H3,(H2,8,10)/b14-8-;. The lowest BCUT2D eigenvalue weighted by atomic mass is 9.92. The molecule has 2 amide bonds. The minimum atomic E-state index is -1.13. The highest BCUT2D eigenvalue weighted by molar-refractivity contribution is 6.37. The Morgan fingerprint density at radius 1 is 1.09 bits per heavy atom. The number of hydrogen-bond donors (Lipinski definition) is 2. The number of anilines is 1. The van der Waals surface area contributed by atoms with Crippen molar-refractivity contribution >= 4 is 46.9 Å². The van der Waals surface area contributed by atoms with Gasteiger partial charge in [0.1, 0.15) is 0 Å². The van der Waals surface area contributed by atoms with Crippen LogP contribution in [-0.2, 0) is 4.79 Å². The summed E-state index contributed by atoms with van der Waals surface area (Å²) in [6, 6.07) is 14.0. The molecule has 3 aromatic rings. The second kappa shape index (κ2) is 10.6. The number of aromatic nitrogens is 1. The Morgan fingerprint density at radius 3 is 2.37 bits per heavy atom. The van der Waals surface area contributed by atoms with Gasteiger partial charge in [0.2, 0.25) is 17.6 Å². The number of nitrogens with zero attached hydrogens (tertiary/aromatic N) is 2. The molecular weight excluding hydrogens is 474 g/mol. The molecule has 0 radical (unpaired) electrons. The maximum absolute atomic E-state index is 12.7. The summed E-state index contributed by atoms with van der Waals surface area (Å²) >= 11 is 5.93. The lowest BCUT2D eigenvalue weighted by molar-refractivity contribution is -0.114. The number of pyridine rings is 1. The Bertz CT molecular complexity index is 1350. The molecule has 1 aromatic heterocycles. The van der Waals surface area contributed by atoms with Gasteiger partial charge in [-0.3, -0.25) is 14.4 Å². The highest BCUT2D eigenvalue weighted by atomic mass is 35.5. The Morgan fingerprint density at radius 2 is 1.80 bits per heavy atom. The third-order valence-corrected chi connectivity index (χ3v) is 5.25. The molecular formula is C25H20ClN3O6. The molecule has 35 heavy (non-hydrogen) atoms. The van der Waals surface area contributed by atoms with E-state index in [0.29, 0.717) is 27.7 Å². The molecule has 2 aromatic carbocycles. The van der Waals surface area contributed by atoms with E-state index in [1.165, 1.54) is 42.5 Å². The van der Waals surface area contributed by atoms with E-state index in [1.54, 1.807) is 43.4 Å². The molecule has 1 aliphatic rings. The van der Waals surface area contributed by atoms with Gasteiger partial charge in [-0.05, 0) is 48.0 Å². The number of hydrogen-bond acceptors (Lipinski definition) is 6. The molecule has 0 saturated carbocycles. The number of Topliss-reactive ketones (excluding diaryl/α,β-unsaturated/α-hetero) is 1. The van der Waals surface area contributed by atoms with E-state index in [1.807, 2.05) is 0 Å². The van der Waals surface area contributed by atoms with Gasteiger partial charge in [0, 0.05) is 29.9 Å². The van der Waals surface area contributed by atoms with Gasteiger partial charge in [-0.2, -0.15) is 0 Å². The van der Waals surface area contributed by atoms with Crippen molar-refractivity contribution in [2.45, 2.75) is 0 Å². The Hall–Kier alpha value is -4.50. The maximum Gasteiger partial charge on any atom is 0.335 e. The fraction of sp³-hybridized carbons (Fsp3) is 0.0800. The zero-order valence-electron chi connectivity index (χ0n) is 18.7. The minimum Gasteiger partial charge on any atom is -0.481 e. The monoisotopic (exact) mass is 493 g/mol. The number of benzene rings is 2. The fourth-order valence-electron chi connectivity index (χ4n) is 3.21. The predicted octanol–water partition coefficient (Wildman–Crippen LogP) is 3.47. The number of aromatic carboxylic acids is 1. The Balaban J connectivity index is 0.000000261. The number of ketones is 1. The number of ether oxygens (including phenoxy) is 1. The molecule has 0 saturated heterocycles. The Labute approximate surface area is 205 Å². The first kappa shape index (κ1) is 25.1. The van der Waals surface area contributed by atoms with Crippen LogP contribution in [0.1, 0.15) is 36.6 Å². The zero-order chi connectivity index (χ0) is 25.7. The zero-order valence-corrected chi connectivity index (χ0v) is 19.4. The van der Waals surface area contributed by atoms with Gasteiger partial charge in [-0.25, -0.2) is 9.78 Å². The normalized spacial score (nSPS) is 13.6. The van der Waals surface area contributed by atoms with E-state index >= 15 is 0 Å². The number of nitrogens with two attached hydrogens (primary N) is 1. The molecule has 0 atom stereocenters. The van der Waals surface area contributed by atoms with Crippen molar-refractivity contribution in [3.05, 3.63) is 93.6 Å². The van der Waals surface area contributed by atoms with Crippen molar-refractivity contribution in [1.29, 1.82) is 0 Å². The van der Waals surface area contributed by atoms with E-state index in [-0.39, 0.29) is 16.7 Å². The number of likely N-dealkylation sites (N-methyl/N-ethyl adjacent to an activating group) is 1. The summed E-state index contributed by atoms with van der Waals surface area (Å²) in [5, 5.41) is 9.59. The molecule has 0 unspecified atom stereocenters. The van der Waals surface area contributed by atoms with Crippen LogP contribution in [0.5, 0.6) is 5.88 Å². The van der Waals surface area contributed by atoms with Crippen LogP contribution in [0.25, 0.3) is 6.08 Å². The largest absolute Gasteiger partial charge is 0.481 e.